The molecule has 1 atom stereocenters. The first-order chi connectivity index (χ1) is 31.4. The van der Waals surface area contributed by atoms with E-state index in [1.165, 1.54) is 107 Å². The number of likely N-dealkylation sites (N-methyl/N-ethyl adjacent to an activating group) is 2. The maximum Gasteiger partial charge on any atom is 0.330 e. The van der Waals surface area contributed by atoms with Crippen LogP contribution in [0.25, 0.3) is 0 Å². The largest absolute Gasteiger partial charge is 0.457 e. The van der Waals surface area contributed by atoms with Gasteiger partial charge in [-0.1, -0.05) is 103 Å². The van der Waals surface area contributed by atoms with Crippen LogP contribution in [-0.2, 0) is 41.0 Å². The molecular formula is C57H107N7O3+6. The van der Waals surface area contributed by atoms with E-state index in [2.05, 4.69) is 191 Å². The average molecular weight is 939 g/mol. The first-order valence-electron chi connectivity index (χ1n) is 25.4. The molecule has 1 aliphatic rings. The van der Waals surface area contributed by atoms with E-state index in [9.17, 15) is 4.79 Å². The molecule has 0 amide bonds. The molecule has 1 saturated heterocycles. The minimum absolute atomic E-state index is 0.349. The molecule has 0 saturated carbocycles. The van der Waals surface area contributed by atoms with Crippen molar-refractivity contribution in [2.75, 3.05) is 103 Å². The number of carbonyl (C=O) groups excluding carboxylic acids is 1. The molecular weight excluding hydrogens is 831 g/mol. The first kappa shape index (κ1) is 65.2. The second-order valence-corrected chi connectivity index (χ2v) is 21.3. The molecule has 1 fully saturated rings. The molecule has 4 rings (SSSR count). The molecule has 0 spiro atoms. The fourth-order valence-electron chi connectivity index (χ4n) is 6.26. The maximum atomic E-state index is 10.6. The predicted molar refractivity (Wildman–Crippen MR) is 286 cm³/mol. The van der Waals surface area contributed by atoms with Crippen LogP contribution in [0.1, 0.15) is 109 Å². The summed E-state index contributed by atoms with van der Waals surface area (Å²) in [5.41, 5.74) is 2.74. The summed E-state index contributed by atoms with van der Waals surface area (Å²) in [6.45, 7) is 27.6. The summed E-state index contributed by atoms with van der Waals surface area (Å²) in [4.78, 5) is 10.6. The Bertz CT molecular complexity index is 1640. The third-order valence-electron chi connectivity index (χ3n) is 10.6. The van der Waals surface area contributed by atoms with Crippen molar-refractivity contribution in [2.45, 2.75) is 130 Å². The Labute approximate surface area is 414 Å². The lowest BCUT2D eigenvalue weighted by Crippen LogP contribution is -2.37. The topological polar surface area (TPSA) is 51.5 Å². The molecule has 1 aromatic carbocycles. The highest BCUT2D eigenvalue weighted by molar-refractivity contribution is 5.81. The monoisotopic (exact) mass is 938 g/mol. The van der Waals surface area contributed by atoms with E-state index in [-0.39, 0.29) is 5.97 Å². The number of nitrogens with zero attached hydrogens (tertiary/aromatic N) is 7. The van der Waals surface area contributed by atoms with Crippen molar-refractivity contribution in [3.05, 3.63) is 123 Å². The van der Waals surface area contributed by atoms with Gasteiger partial charge in [-0.25, -0.2) is 18.5 Å². The van der Waals surface area contributed by atoms with E-state index >= 15 is 0 Å². The Morgan fingerprint density at radius 3 is 1.69 bits per heavy atom. The highest BCUT2D eigenvalue weighted by Gasteiger charge is 2.28. The molecule has 0 bridgehead atoms. The molecule has 3 aromatic rings. The van der Waals surface area contributed by atoms with Crippen LogP contribution < -0.4 is 9.13 Å². The van der Waals surface area contributed by atoms with E-state index in [1.807, 2.05) is 33.5 Å². The SMILES string of the molecule is C=CC(=O)OCC[N+](C)(C)C.C=C[N+](C)(C=C)CCCC.CCCCCCCC[n+]1ccc(C)cc1.CCCCCCn1cc[n+](C)c1.C[N+](C)(C)CC1CO1.C[N+](C)(C)Cc1ccccc1. The Morgan fingerprint density at radius 2 is 1.25 bits per heavy atom. The van der Waals surface area contributed by atoms with Crippen LogP contribution in [0.4, 0.5) is 0 Å². The van der Waals surface area contributed by atoms with Crippen LogP contribution >= 0.6 is 0 Å². The summed E-state index contributed by atoms with van der Waals surface area (Å²) in [5.74, 6) is -0.349. The van der Waals surface area contributed by atoms with Gasteiger partial charge < -0.3 is 22.9 Å². The van der Waals surface area contributed by atoms with Gasteiger partial charge in [-0.05, 0) is 51.3 Å². The molecule has 0 aliphatic carbocycles. The molecule has 0 N–H and O–H groups in total. The number of esters is 1. The van der Waals surface area contributed by atoms with Crippen LogP contribution in [-0.4, -0.2) is 138 Å². The number of quaternary nitrogens is 4. The number of carbonyl (C=O) groups is 1. The second-order valence-electron chi connectivity index (χ2n) is 21.3. The standard InChI is InChI=1S/C14H24N.C10H19N2.C10H16N.C9H18N.C8H16NO2.C6H14NO/c1-3-4-5-6-7-8-11-15-12-9-14(2)10-13-15;1-3-4-5-6-7-12-9-8-11(2)10-12;1-11(2,3)9-10-7-5-4-6-8-10;1-5-8-9-10(4,6-2)7-3;1-5-8(10)11-7-6-9(2,3)4;1-7(2,3)4-6-5-8-6/h9-10,12-13H,3-8,11H2,1-2H3;8-10H,3-7H2,1-2H3;4-8H,9H2,1-3H3;6-7H,2-3,5,8-9H2,1,4H3;5H,1,6-7H2,2-4H3;6H,4-5H2,1-3H3/q6*+1. The van der Waals surface area contributed by atoms with Gasteiger partial charge >= 0.3 is 5.97 Å². The first-order valence-corrected chi connectivity index (χ1v) is 25.4. The van der Waals surface area contributed by atoms with Gasteiger partial charge in [0.05, 0.1) is 110 Å². The van der Waals surface area contributed by atoms with E-state index < -0.39 is 0 Å². The average Bonchev–Trinajstić information content (AvgIpc) is 3.98. The van der Waals surface area contributed by atoms with Crippen LogP contribution in [0.15, 0.2) is 112 Å². The maximum absolute atomic E-state index is 10.6. The van der Waals surface area contributed by atoms with Crippen molar-refractivity contribution in [3.8, 4) is 0 Å². The molecule has 67 heavy (non-hydrogen) atoms. The lowest BCUT2D eigenvalue weighted by molar-refractivity contribution is -0.884. The second kappa shape index (κ2) is 38.0. The zero-order valence-corrected chi connectivity index (χ0v) is 46.4. The van der Waals surface area contributed by atoms with Crippen LogP contribution in [0.5, 0.6) is 0 Å². The van der Waals surface area contributed by atoms with Crippen LogP contribution in [0.3, 0.4) is 0 Å². The minimum Gasteiger partial charge on any atom is -0.457 e. The quantitative estimate of drug-likeness (QED) is 0.0212. The van der Waals surface area contributed by atoms with Gasteiger partial charge in [-0.2, -0.15) is 0 Å². The smallest absolute Gasteiger partial charge is 0.330 e. The molecule has 1 aliphatic heterocycles. The van der Waals surface area contributed by atoms with Gasteiger partial charge in [-0.15, -0.1) is 0 Å². The summed E-state index contributed by atoms with van der Waals surface area (Å²) in [5, 5.41) is 0. The van der Waals surface area contributed by atoms with E-state index in [1.54, 1.807) is 0 Å². The minimum atomic E-state index is -0.349. The summed E-state index contributed by atoms with van der Waals surface area (Å²) >= 11 is 0. The highest BCUT2D eigenvalue weighted by atomic mass is 16.6. The van der Waals surface area contributed by atoms with Crippen molar-refractivity contribution < 1.29 is 41.3 Å². The molecule has 3 heterocycles. The van der Waals surface area contributed by atoms with E-state index in [4.69, 9.17) is 9.47 Å². The van der Waals surface area contributed by atoms with Crippen molar-refractivity contribution in [3.63, 3.8) is 0 Å². The van der Waals surface area contributed by atoms with Crippen molar-refractivity contribution in [1.29, 1.82) is 0 Å². The molecule has 10 heteroatoms. The number of benzene rings is 1. The summed E-state index contributed by atoms with van der Waals surface area (Å²) in [6, 6.07) is 14.9. The number of rotatable bonds is 25. The van der Waals surface area contributed by atoms with Crippen molar-refractivity contribution >= 4 is 5.97 Å². The fourth-order valence-corrected chi connectivity index (χ4v) is 6.26. The third kappa shape index (κ3) is 45.6. The number of unbranched alkanes of at least 4 members (excludes halogenated alkanes) is 9. The van der Waals surface area contributed by atoms with E-state index in [0.717, 1.165) is 50.7 Å². The Balaban J connectivity index is 0. The summed E-state index contributed by atoms with van der Waals surface area (Å²) < 4.78 is 20.1. The number of aryl methyl sites for hydroxylation is 4. The van der Waals surface area contributed by atoms with Crippen molar-refractivity contribution in [1.82, 2.24) is 4.57 Å². The number of pyridine rings is 1. The zero-order chi connectivity index (χ0) is 51.2. The number of imidazole rings is 1. The van der Waals surface area contributed by atoms with Crippen molar-refractivity contribution in [2.24, 2.45) is 7.05 Å². The van der Waals surface area contributed by atoms with Gasteiger partial charge in [-0.3, -0.25) is 4.48 Å². The number of hydrogen-bond donors (Lipinski definition) is 0. The Morgan fingerprint density at radius 1 is 0.716 bits per heavy atom. The lowest BCUT2D eigenvalue weighted by atomic mass is 10.1. The van der Waals surface area contributed by atoms with E-state index in [0.29, 0.717) is 12.7 Å². The summed E-state index contributed by atoms with van der Waals surface area (Å²) in [6.07, 6.45) is 32.4. The number of ether oxygens (including phenoxy) is 2. The highest BCUT2D eigenvalue weighted by Crippen LogP contribution is 2.11. The van der Waals surface area contributed by atoms with Gasteiger partial charge in [0.25, 0.3) is 0 Å². The third-order valence-corrected chi connectivity index (χ3v) is 10.6. The molecule has 382 valence electrons. The lowest BCUT2D eigenvalue weighted by Gasteiger charge is -2.24. The van der Waals surface area contributed by atoms with Gasteiger partial charge in [0.2, 0.25) is 6.33 Å². The number of aromatic nitrogens is 3. The number of hydrogen-bond acceptors (Lipinski definition) is 3. The molecule has 1 unspecified atom stereocenters. The van der Waals surface area contributed by atoms with Gasteiger partial charge in [0.15, 0.2) is 12.4 Å². The predicted octanol–water partition coefficient (Wildman–Crippen LogP) is 10.5. The fraction of sp³-hybridized carbons (Fsp3) is 0.632. The number of epoxide rings is 1. The molecule has 2 aromatic heterocycles. The molecule has 10 nitrogen and oxygen atoms in total. The Kier molecular flexibility index (Phi) is 36.9. The van der Waals surface area contributed by atoms with Gasteiger partial charge in [0, 0.05) is 30.2 Å². The Hall–Kier alpha value is -3.93. The molecule has 0 radical (unpaired) electrons. The zero-order valence-electron chi connectivity index (χ0n) is 46.4. The van der Waals surface area contributed by atoms with Gasteiger partial charge in [0.1, 0.15) is 51.3 Å². The summed E-state index contributed by atoms with van der Waals surface area (Å²) in [7, 11) is 23.4. The normalized spacial score (nSPS) is 12.9. The van der Waals surface area contributed by atoms with Crippen LogP contribution in [0, 0.1) is 6.92 Å². The van der Waals surface area contributed by atoms with Crippen LogP contribution in [0.2, 0.25) is 0 Å².